The fourth-order valence-corrected chi connectivity index (χ4v) is 3.16. The summed E-state index contributed by atoms with van der Waals surface area (Å²) in [7, 11) is 0. The summed E-state index contributed by atoms with van der Waals surface area (Å²) in [5.74, 6) is 0. The van der Waals surface area contributed by atoms with Crippen molar-refractivity contribution in [1.29, 1.82) is 0 Å². The molecule has 3 aromatic rings. The highest BCUT2D eigenvalue weighted by Crippen LogP contribution is 2.30. The van der Waals surface area contributed by atoms with Gasteiger partial charge < -0.3 is 4.98 Å². The molecule has 0 amide bonds. The predicted octanol–water partition coefficient (Wildman–Crippen LogP) is 3.22. The van der Waals surface area contributed by atoms with E-state index in [4.69, 9.17) is 0 Å². The molecule has 1 fully saturated rings. The van der Waals surface area contributed by atoms with E-state index in [-0.39, 0.29) is 0 Å². The second-order valence-electron chi connectivity index (χ2n) is 5.60. The third kappa shape index (κ3) is 2.32. The number of fused-ring (bicyclic) bond motifs is 1. The zero-order valence-electron chi connectivity index (χ0n) is 11.9. The number of rotatable bonds is 3. The number of hydrogen-bond acceptors (Lipinski definition) is 3. The van der Waals surface area contributed by atoms with E-state index in [0.29, 0.717) is 0 Å². The van der Waals surface area contributed by atoms with E-state index < -0.39 is 0 Å². The fraction of sp³-hybridized carbons (Fsp3) is 0.294. The molecule has 4 nitrogen and oxygen atoms in total. The van der Waals surface area contributed by atoms with Crippen LogP contribution in [-0.2, 0) is 6.54 Å². The lowest BCUT2D eigenvalue weighted by Gasteiger charge is -2.15. The second-order valence-corrected chi connectivity index (χ2v) is 5.60. The van der Waals surface area contributed by atoms with Crippen LogP contribution in [0.1, 0.15) is 18.4 Å². The molecule has 1 N–H and O–H groups in total. The Hall–Kier alpha value is -2.20. The minimum Gasteiger partial charge on any atom is -0.339 e. The fourth-order valence-electron chi connectivity index (χ4n) is 3.16. The van der Waals surface area contributed by atoms with Crippen molar-refractivity contribution in [2.24, 2.45) is 0 Å². The molecule has 0 aliphatic carbocycles. The molecule has 3 aromatic heterocycles. The van der Waals surface area contributed by atoms with Crippen LogP contribution in [0.5, 0.6) is 0 Å². The van der Waals surface area contributed by atoms with Crippen molar-refractivity contribution in [2.45, 2.75) is 19.4 Å². The minimum absolute atomic E-state index is 0.963. The molecule has 4 rings (SSSR count). The zero-order valence-corrected chi connectivity index (χ0v) is 11.9. The second kappa shape index (κ2) is 5.30. The molecule has 0 radical (unpaired) electrons. The van der Waals surface area contributed by atoms with Crippen LogP contribution in [-0.4, -0.2) is 32.9 Å². The molecular weight excluding hydrogens is 260 g/mol. The Labute approximate surface area is 123 Å². The largest absolute Gasteiger partial charge is 0.339 e. The number of H-pyrrole nitrogens is 1. The van der Waals surface area contributed by atoms with Crippen molar-refractivity contribution in [3.8, 4) is 11.3 Å². The van der Waals surface area contributed by atoms with Gasteiger partial charge in [-0.3, -0.25) is 9.88 Å². The van der Waals surface area contributed by atoms with E-state index in [1.165, 1.54) is 36.9 Å². The molecule has 1 saturated heterocycles. The highest BCUT2D eigenvalue weighted by molar-refractivity contribution is 5.88. The first-order valence-electron chi connectivity index (χ1n) is 7.50. The molecule has 0 spiro atoms. The van der Waals surface area contributed by atoms with Crippen LogP contribution in [0, 0.1) is 0 Å². The summed E-state index contributed by atoms with van der Waals surface area (Å²) in [5, 5.41) is 1.23. The van der Waals surface area contributed by atoms with Gasteiger partial charge in [0.1, 0.15) is 5.65 Å². The Morgan fingerprint density at radius 2 is 1.95 bits per heavy atom. The summed E-state index contributed by atoms with van der Waals surface area (Å²) < 4.78 is 0. The highest BCUT2D eigenvalue weighted by atomic mass is 15.1. The van der Waals surface area contributed by atoms with E-state index >= 15 is 0 Å². The quantitative estimate of drug-likeness (QED) is 0.800. The van der Waals surface area contributed by atoms with E-state index in [1.54, 1.807) is 0 Å². The summed E-state index contributed by atoms with van der Waals surface area (Å²) in [4.78, 5) is 14.7. The molecule has 0 unspecified atom stereocenters. The molecule has 0 atom stereocenters. The van der Waals surface area contributed by atoms with Crippen molar-refractivity contribution >= 4 is 11.0 Å². The monoisotopic (exact) mass is 278 g/mol. The SMILES string of the molecule is c1cncc(-c2[nH]c3ncccc3c2CN2CCCC2)c1. The lowest BCUT2D eigenvalue weighted by atomic mass is 10.1. The Balaban J connectivity index is 1.84. The van der Waals surface area contributed by atoms with Crippen molar-refractivity contribution in [1.82, 2.24) is 19.9 Å². The van der Waals surface area contributed by atoms with Crippen LogP contribution in [0.3, 0.4) is 0 Å². The molecule has 106 valence electrons. The van der Waals surface area contributed by atoms with Gasteiger partial charge in [-0.05, 0) is 50.2 Å². The van der Waals surface area contributed by atoms with Gasteiger partial charge in [0.25, 0.3) is 0 Å². The van der Waals surface area contributed by atoms with Crippen LogP contribution >= 0.6 is 0 Å². The molecule has 1 aliphatic heterocycles. The highest BCUT2D eigenvalue weighted by Gasteiger charge is 2.18. The molecule has 0 saturated carbocycles. The summed E-state index contributed by atoms with van der Waals surface area (Å²) in [6.07, 6.45) is 8.18. The number of pyridine rings is 2. The summed E-state index contributed by atoms with van der Waals surface area (Å²) in [5.41, 5.74) is 4.59. The third-order valence-electron chi connectivity index (χ3n) is 4.21. The van der Waals surface area contributed by atoms with Crippen molar-refractivity contribution in [3.63, 3.8) is 0 Å². The standard InChI is InChI=1S/C17H18N4/c1-2-10-21(9-1)12-15-14-6-4-8-19-17(14)20-16(15)13-5-3-7-18-11-13/h3-8,11H,1-2,9-10,12H2,(H,19,20). The molecule has 4 heterocycles. The summed E-state index contributed by atoms with van der Waals surface area (Å²) in [6, 6.07) is 8.25. The van der Waals surface area contributed by atoms with Crippen LogP contribution in [0.4, 0.5) is 0 Å². The summed E-state index contributed by atoms with van der Waals surface area (Å²) >= 11 is 0. The van der Waals surface area contributed by atoms with Crippen LogP contribution in [0.15, 0.2) is 42.9 Å². The van der Waals surface area contributed by atoms with Gasteiger partial charge in [-0.1, -0.05) is 0 Å². The zero-order chi connectivity index (χ0) is 14.1. The number of nitrogens with zero attached hydrogens (tertiary/aromatic N) is 3. The molecular formula is C17H18N4. The smallest absolute Gasteiger partial charge is 0.138 e. The first-order valence-corrected chi connectivity index (χ1v) is 7.50. The van der Waals surface area contributed by atoms with Gasteiger partial charge in [0, 0.05) is 41.6 Å². The Bertz CT molecular complexity index is 742. The third-order valence-corrected chi connectivity index (χ3v) is 4.21. The molecule has 0 aromatic carbocycles. The minimum atomic E-state index is 0.963. The first-order chi connectivity index (χ1) is 10.4. The van der Waals surface area contributed by atoms with Crippen LogP contribution in [0.25, 0.3) is 22.3 Å². The Kier molecular flexibility index (Phi) is 3.16. The van der Waals surface area contributed by atoms with E-state index in [1.807, 2.05) is 30.7 Å². The van der Waals surface area contributed by atoms with Crippen molar-refractivity contribution < 1.29 is 0 Å². The van der Waals surface area contributed by atoms with Gasteiger partial charge in [-0.2, -0.15) is 0 Å². The number of aromatic nitrogens is 3. The maximum Gasteiger partial charge on any atom is 0.138 e. The summed E-state index contributed by atoms with van der Waals surface area (Å²) in [6.45, 7) is 3.37. The Morgan fingerprint density at radius 3 is 2.76 bits per heavy atom. The predicted molar refractivity (Wildman–Crippen MR) is 83.8 cm³/mol. The van der Waals surface area contributed by atoms with E-state index in [9.17, 15) is 0 Å². The molecule has 21 heavy (non-hydrogen) atoms. The van der Waals surface area contributed by atoms with Gasteiger partial charge in [0.05, 0.1) is 5.69 Å². The lowest BCUT2D eigenvalue weighted by molar-refractivity contribution is 0.333. The number of nitrogens with one attached hydrogen (secondary N) is 1. The number of hydrogen-bond donors (Lipinski definition) is 1. The van der Waals surface area contributed by atoms with Crippen LogP contribution in [0.2, 0.25) is 0 Å². The van der Waals surface area contributed by atoms with Crippen LogP contribution < -0.4 is 0 Å². The average Bonchev–Trinajstić information content (AvgIpc) is 3.17. The molecule has 4 heteroatoms. The normalized spacial score (nSPS) is 15.8. The Morgan fingerprint density at radius 1 is 1.10 bits per heavy atom. The van der Waals surface area contributed by atoms with Crippen molar-refractivity contribution in [2.75, 3.05) is 13.1 Å². The lowest BCUT2D eigenvalue weighted by Crippen LogP contribution is -2.18. The number of likely N-dealkylation sites (tertiary alicyclic amines) is 1. The van der Waals surface area contributed by atoms with E-state index in [0.717, 1.165) is 23.4 Å². The average molecular weight is 278 g/mol. The topological polar surface area (TPSA) is 44.8 Å². The molecule has 1 aliphatic rings. The molecule has 0 bridgehead atoms. The van der Waals surface area contributed by atoms with Gasteiger partial charge in [0.2, 0.25) is 0 Å². The van der Waals surface area contributed by atoms with Gasteiger partial charge in [0.15, 0.2) is 0 Å². The number of aromatic amines is 1. The van der Waals surface area contributed by atoms with Gasteiger partial charge >= 0.3 is 0 Å². The maximum absolute atomic E-state index is 4.47. The van der Waals surface area contributed by atoms with E-state index in [2.05, 4.69) is 32.0 Å². The van der Waals surface area contributed by atoms with Crippen molar-refractivity contribution in [3.05, 3.63) is 48.4 Å². The van der Waals surface area contributed by atoms with Gasteiger partial charge in [-0.25, -0.2) is 4.98 Å². The van der Waals surface area contributed by atoms with Gasteiger partial charge in [-0.15, -0.1) is 0 Å². The first kappa shape index (κ1) is 12.5. The maximum atomic E-state index is 4.47.